The van der Waals surface area contributed by atoms with Crippen LogP contribution >= 0.6 is 24.0 Å². The van der Waals surface area contributed by atoms with Crippen molar-refractivity contribution in [2.75, 3.05) is 21.7 Å². The molecule has 0 unspecified atom stereocenters. The number of hydrogen-bond acceptors (Lipinski definition) is 3. The number of carbonyl (C=O) groups is 1. The van der Waals surface area contributed by atoms with Gasteiger partial charge in [-0.2, -0.15) is 0 Å². The molecule has 4 aromatic rings. The number of hydrogen-bond donors (Lipinski definition) is 3. The molecule has 31 heavy (non-hydrogen) atoms. The Labute approximate surface area is 191 Å². The minimum atomic E-state index is -0.0408. The Morgan fingerprint density at radius 2 is 1.42 bits per heavy atom. The lowest BCUT2D eigenvalue weighted by Crippen LogP contribution is -2.19. The van der Waals surface area contributed by atoms with Crippen molar-refractivity contribution in [3.8, 4) is 0 Å². The van der Waals surface area contributed by atoms with Crippen molar-refractivity contribution < 1.29 is 4.79 Å². The molecule has 0 bridgehead atoms. The molecule has 1 amide bonds. The van der Waals surface area contributed by atoms with Crippen molar-refractivity contribution in [2.24, 2.45) is 0 Å². The molecule has 0 aliphatic rings. The van der Waals surface area contributed by atoms with Gasteiger partial charge in [0.2, 0.25) is 5.91 Å². The van der Waals surface area contributed by atoms with Crippen molar-refractivity contribution in [1.82, 2.24) is 0 Å². The van der Waals surface area contributed by atoms with Crippen LogP contribution in [0.3, 0.4) is 0 Å². The number of carbonyl (C=O) groups excluding carboxylic acids is 1. The van der Waals surface area contributed by atoms with E-state index in [1.165, 1.54) is 11.8 Å². The lowest BCUT2D eigenvalue weighted by Gasteiger charge is -2.12. The maximum Gasteiger partial charge on any atom is 0.234 e. The minimum absolute atomic E-state index is 0.0408. The summed E-state index contributed by atoms with van der Waals surface area (Å²) >= 11 is 6.87. The van der Waals surface area contributed by atoms with E-state index < -0.39 is 0 Å². The molecule has 4 rings (SSSR count). The fraction of sp³-hybridized carbons (Fsp3) is 0.0400. The number of fused-ring (bicyclic) bond motifs is 1. The van der Waals surface area contributed by atoms with Gasteiger partial charge in [0.1, 0.15) is 0 Å². The summed E-state index contributed by atoms with van der Waals surface area (Å²) in [5.74, 6) is 0.278. The molecule has 6 heteroatoms. The predicted molar refractivity (Wildman–Crippen MR) is 136 cm³/mol. The van der Waals surface area contributed by atoms with Gasteiger partial charge in [-0.25, -0.2) is 0 Å². The van der Waals surface area contributed by atoms with E-state index in [2.05, 4.69) is 16.0 Å². The van der Waals surface area contributed by atoms with Crippen molar-refractivity contribution in [3.63, 3.8) is 0 Å². The number of amides is 1. The van der Waals surface area contributed by atoms with Crippen molar-refractivity contribution in [2.45, 2.75) is 4.90 Å². The van der Waals surface area contributed by atoms with Crippen molar-refractivity contribution in [3.05, 3.63) is 97.1 Å². The van der Waals surface area contributed by atoms with Crippen LogP contribution in [0.1, 0.15) is 0 Å². The van der Waals surface area contributed by atoms with Crippen LogP contribution in [0.2, 0.25) is 0 Å². The average Bonchev–Trinajstić information content (AvgIpc) is 2.79. The maximum atomic E-state index is 12.5. The van der Waals surface area contributed by atoms with Crippen molar-refractivity contribution in [1.29, 1.82) is 0 Å². The molecule has 0 saturated heterocycles. The SMILES string of the molecule is O=C(CSc1cccc(NC(=S)Nc2ccccc2)c1)Nc1cccc2ccccc12. The average molecular weight is 444 g/mol. The number of rotatable bonds is 6. The lowest BCUT2D eigenvalue weighted by atomic mass is 10.1. The third-order valence-electron chi connectivity index (χ3n) is 4.56. The highest BCUT2D eigenvalue weighted by molar-refractivity contribution is 8.00. The Morgan fingerprint density at radius 1 is 0.742 bits per heavy atom. The van der Waals surface area contributed by atoms with E-state index >= 15 is 0 Å². The molecule has 0 radical (unpaired) electrons. The largest absolute Gasteiger partial charge is 0.332 e. The van der Waals surface area contributed by atoms with Gasteiger partial charge in [-0.1, -0.05) is 60.7 Å². The number of thiocarbonyl (C=S) groups is 1. The summed E-state index contributed by atoms with van der Waals surface area (Å²) < 4.78 is 0. The summed E-state index contributed by atoms with van der Waals surface area (Å²) in [6, 6.07) is 31.5. The third kappa shape index (κ3) is 5.84. The van der Waals surface area contributed by atoms with Gasteiger partial charge in [0.25, 0.3) is 0 Å². The monoisotopic (exact) mass is 443 g/mol. The molecule has 0 aliphatic carbocycles. The highest BCUT2D eigenvalue weighted by atomic mass is 32.2. The molecule has 0 aliphatic heterocycles. The standard InChI is InChI=1S/C25H21N3OS2/c29-24(28-23-15-6-9-18-8-4-5-14-22(18)23)17-31-21-13-7-12-20(16-21)27-25(30)26-19-10-2-1-3-11-19/h1-16H,17H2,(H,28,29)(H2,26,27,30). The molecule has 3 N–H and O–H groups in total. The molecule has 0 atom stereocenters. The summed E-state index contributed by atoms with van der Waals surface area (Å²) in [6.45, 7) is 0. The first-order chi connectivity index (χ1) is 15.2. The van der Waals surface area contributed by atoms with Crippen LogP contribution in [0.15, 0.2) is 102 Å². The molecule has 0 saturated carbocycles. The molecule has 4 aromatic carbocycles. The molecule has 4 nitrogen and oxygen atoms in total. The van der Waals surface area contributed by atoms with E-state index in [1.807, 2.05) is 97.1 Å². The van der Waals surface area contributed by atoms with Crippen LogP contribution < -0.4 is 16.0 Å². The van der Waals surface area contributed by atoms with Gasteiger partial charge in [0.15, 0.2) is 5.11 Å². The van der Waals surface area contributed by atoms with Crippen molar-refractivity contribution >= 4 is 62.8 Å². The molecular weight excluding hydrogens is 422 g/mol. The zero-order valence-corrected chi connectivity index (χ0v) is 18.3. The number of para-hydroxylation sites is 1. The first-order valence-corrected chi connectivity index (χ1v) is 11.2. The topological polar surface area (TPSA) is 53.2 Å². The number of anilines is 3. The normalized spacial score (nSPS) is 10.5. The van der Waals surface area contributed by atoms with Crippen LogP contribution in [-0.4, -0.2) is 16.8 Å². The first kappa shape index (κ1) is 20.9. The fourth-order valence-corrected chi connectivity index (χ4v) is 4.14. The zero-order valence-electron chi connectivity index (χ0n) is 16.7. The molecule has 0 aromatic heterocycles. The second-order valence-electron chi connectivity index (χ2n) is 6.84. The minimum Gasteiger partial charge on any atom is -0.332 e. The summed E-state index contributed by atoms with van der Waals surface area (Å²) in [5, 5.41) is 12.0. The van der Waals surface area contributed by atoms with Gasteiger partial charge in [0, 0.05) is 27.3 Å². The van der Waals surface area contributed by atoms with E-state index in [1.54, 1.807) is 0 Å². The maximum absolute atomic E-state index is 12.5. The van der Waals surface area contributed by atoms with Crippen LogP contribution in [-0.2, 0) is 4.79 Å². The van der Waals surface area contributed by atoms with Gasteiger partial charge in [0.05, 0.1) is 5.75 Å². The van der Waals surface area contributed by atoms with Crippen LogP contribution in [0.4, 0.5) is 17.1 Å². The van der Waals surface area contributed by atoms with Gasteiger partial charge in [-0.15, -0.1) is 11.8 Å². The highest BCUT2D eigenvalue weighted by Gasteiger charge is 2.07. The predicted octanol–water partition coefficient (Wildman–Crippen LogP) is 6.38. The Kier molecular flexibility index (Phi) is 6.82. The second-order valence-corrected chi connectivity index (χ2v) is 8.29. The number of benzene rings is 4. The lowest BCUT2D eigenvalue weighted by molar-refractivity contribution is -0.113. The Balaban J connectivity index is 1.33. The van der Waals surface area contributed by atoms with Gasteiger partial charge in [-0.3, -0.25) is 4.79 Å². The Morgan fingerprint density at radius 3 is 2.29 bits per heavy atom. The second kappa shape index (κ2) is 10.1. The van der Waals surface area contributed by atoms with Gasteiger partial charge < -0.3 is 16.0 Å². The first-order valence-electron chi connectivity index (χ1n) is 9.81. The summed E-state index contributed by atoms with van der Waals surface area (Å²) in [6.07, 6.45) is 0. The van der Waals surface area contributed by atoms with Gasteiger partial charge >= 0.3 is 0 Å². The fourth-order valence-electron chi connectivity index (χ4n) is 3.15. The molecule has 0 heterocycles. The molecule has 154 valence electrons. The summed E-state index contributed by atoms with van der Waals surface area (Å²) in [7, 11) is 0. The van der Waals surface area contributed by atoms with E-state index in [4.69, 9.17) is 12.2 Å². The summed E-state index contributed by atoms with van der Waals surface area (Å²) in [5.41, 5.74) is 2.62. The third-order valence-corrected chi connectivity index (χ3v) is 5.76. The smallest absolute Gasteiger partial charge is 0.234 e. The van der Waals surface area contributed by atoms with Crippen LogP contribution in [0.25, 0.3) is 10.8 Å². The Hall–Kier alpha value is -3.35. The van der Waals surface area contributed by atoms with E-state index in [-0.39, 0.29) is 5.91 Å². The van der Waals surface area contributed by atoms with Crippen LogP contribution in [0, 0.1) is 0 Å². The molecule has 0 spiro atoms. The van der Waals surface area contributed by atoms with E-state index in [0.717, 1.165) is 32.7 Å². The van der Waals surface area contributed by atoms with E-state index in [0.29, 0.717) is 10.9 Å². The molecule has 0 fully saturated rings. The summed E-state index contributed by atoms with van der Waals surface area (Å²) in [4.78, 5) is 13.5. The molecular formula is C25H21N3OS2. The van der Waals surface area contributed by atoms with E-state index in [9.17, 15) is 4.79 Å². The Bertz CT molecular complexity index is 1210. The quantitative estimate of drug-likeness (QED) is 0.238. The number of thioether (sulfide) groups is 1. The zero-order chi connectivity index (χ0) is 21.5. The van der Waals surface area contributed by atoms with Gasteiger partial charge in [-0.05, 0) is 54.0 Å². The highest BCUT2D eigenvalue weighted by Crippen LogP contribution is 2.25. The number of nitrogens with one attached hydrogen (secondary N) is 3. The van der Waals surface area contributed by atoms with Crippen LogP contribution in [0.5, 0.6) is 0 Å².